The molecule has 1 aliphatic rings. The summed E-state index contributed by atoms with van der Waals surface area (Å²) in [6, 6.07) is 17.8. The Hall–Kier alpha value is -3.21. The maximum atomic E-state index is 12.5. The summed E-state index contributed by atoms with van der Waals surface area (Å²) in [5, 5.41) is 13.8. The van der Waals surface area contributed by atoms with Gasteiger partial charge < -0.3 is 10.1 Å². The van der Waals surface area contributed by atoms with E-state index in [1.165, 1.54) is 16.2 Å². The van der Waals surface area contributed by atoms with E-state index in [9.17, 15) is 10.1 Å². The van der Waals surface area contributed by atoms with Crippen molar-refractivity contribution in [3.8, 4) is 22.4 Å². The van der Waals surface area contributed by atoms with Crippen molar-refractivity contribution in [3.63, 3.8) is 0 Å². The van der Waals surface area contributed by atoms with Crippen LogP contribution in [0.15, 0.2) is 48.5 Å². The summed E-state index contributed by atoms with van der Waals surface area (Å²) in [6.07, 6.45) is 2.98. The van der Waals surface area contributed by atoms with Crippen LogP contribution in [0.1, 0.15) is 22.4 Å². The van der Waals surface area contributed by atoms with E-state index < -0.39 is 0 Å². The summed E-state index contributed by atoms with van der Waals surface area (Å²) in [6.45, 7) is -0.130. The molecule has 0 saturated carbocycles. The van der Waals surface area contributed by atoms with E-state index in [1.54, 1.807) is 11.3 Å². The monoisotopic (exact) mass is 431 g/mol. The number of carbonyl (C=O) groups excluding carboxylic acids is 1. The van der Waals surface area contributed by atoms with Gasteiger partial charge in [-0.3, -0.25) is 4.79 Å². The van der Waals surface area contributed by atoms with Crippen molar-refractivity contribution >= 4 is 43.8 Å². The zero-order chi connectivity index (χ0) is 20.5. The molecule has 30 heavy (non-hydrogen) atoms. The Morgan fingerprint density at radius 2 is 1.97 bits per heavy atom. The van der Waals surface area contributed by atoms with Gasteiger partial charge in [0.1, 0.15) is 21.8 Å². The first kappa shape index (κ1) is 18.8. The van der Waals surface area contributed by atoms with Gasteiger partial charge in [-0.05, 0) is 49.1 Å². The summed E-state index contributed by atoms with van der Waals surface area (Å²) in [5.74, 6) is 0.339. The largest absolute Gasteiger partial charge is 0.483 e. The number of nitrogens with zero attached hydrogens (tertiary/aromatic N) is 2. The molecule has 0 fully saturated rings. The molecule has 0 spiro atoms. The van der Waals surface area contributed by atoms with Gasteiger partial charge in [0, 0.05) is 4.88 Å². The van der Waals surface area contributed by atoms with Crippen molar-refractivity contribution < 1.29 is 9.53 Å². The molecule has 0 unspecified atom stereocenters. The molecule has 7 heteroatoms. The molecule has 0 atom stereocenters. The lowest BCUT2D eigenvalue weighted by Crippen LogP contribution is -2.20. The maximum absolute atomic E-state index is 12.5. The third kappa shape index (κ3) is 3.45. The number of hydrogen-bond donors (Lipinski definition) is 1. The molecular weight excluding hydrogens is 414 g/mol. The summed E-state index contributed by atoms with van der Waals surface area (Å²) in [5.41, 5.74) is 3.51. The molecule has 5 rings (SSSR count). The van der Waals surface area contributed by atoms with E-state index in [2.05, 4.69) is 11.4 Å². The fraction of sp³-hybridized carbons (Fsp3) is 0.174. The number of benzene rings is 2. The van der Waals surface area contributed by atoms with Crippen molar-refractivity contribution in [3.05, 3.63) is 64.5 Å². The Kier molecular flexibility index (Phi) is 4.95. The number of rotatable bonds is 5. The topological polar surface area (TPSA) is 75.0 Å². The van der Waals surface area contributed by atoms with Crippen molar-refractivity contribution in [2.75, 3.05) is 11.9 Å². The first-order valence-electron chi connectivity index (χ1n) is 9.65. The van der Waals surface area contributed by atoms with Crippen LogP contribution in [0.3, 0.4) is 0 Å². The molecule has 1 N–H and O–H groups in total. The summed E-state index contributed by atoms with van der Waals surface area (Å²) in [4.78, 5) is 18.4. The van der Waals surface area contributed by atoms with E-state index >= 15 is 0 Å². The summed E-state index contributed by atoms with van der Waals surface area (Å²) in [7, 11) is 0. The van der Waals surface area contributed by atoms with Gasteiger partial charge in [-0.15, -0.1) is 22.7 Å². The molecule has 5 nitrogen and oxygen atoms in total. The molecule has 1 aliphatic carbocycles. The predicted octanol–water partition coefficient (Wildman–Crippen LogP) is 5.40. The van der Waals surface area contributed by atoms with Crippen LogP contribution >= 0.6 is 22.7 Å². The zero-order valence-corrected chi connectivity index (χ0v) is 17.6. The second kappa shape index (κ2) is 7.90. The minimum absolute atomic E-state index is 0.130. The van der Waals surface area contributed by atoms with Crippen LogP contribution in [-0.2, 0) is 17.6 Å². The average molecular weight is 432 g/mol. The van der Waals surface area contributed by atoms with Gasteiger partial charge in [-0.1, -0.05) is 24.3 Å². The smallest absolute Gasteiger partial charge is 0.262 e. The van der Waals surface area contributed by atoms with Gasteiger partial charge in [0.25, 0.3) is 5.91 Å². The number of fused-ring (bicyclic) bond motifs is 2. The zero-order valence-electron chi connectivity index (χ0n) is 16.0. The molecule has 0 saturated heterocycles. The minimum atomic E-state index is -0.273. The molecule has 4 aromatic rings. The fourth-order valence-electron chi connectivity index (χ4n) is 3.67. The molecule has 0 bridgehead atoms. The lowest BCUT2D eigenvalue weighted by Gasteiger charge is -2.10. The minimum Gasteiger partial charge on any atom is -0.483 e. The van der Waals surface area contributed by atoms with Crippen LogP contribution in [0, 0.1) is 11.3 Å². The van der Waals surface area contributed by atoms with Crippen LogP contribution in [0.5, 0.6) is 5.75 Å². The second-order valence-corrected chi connectivity index (χ2v) is 9.13. The highest BCUT2D eigenvalue weighted by Gasteiger charge is 2.23. The molecule has 2 heterocycles. The van der Waals surface area contributed by atoms with Crippen LogP contribution in [0.2, 0.25) is 0 Å². The molecule has 2 aromatic carbocycles. The van der Waals surface area contributed by atoms with Crippen LogP contribution in [0.25, 0.3) is 20.8 Å². The van der Waals surface area contributed by atoms with E-state index in [-0.39, 0.29) is 12.5 Å². The number of nitriles is 1. The van der Waals surface area contributed by atoms with E-state index in [1.807, 2.05) is 48.5 Å². The van der Waals surface area contributed by atoms with Gasteiger partial charge in [0.05, 0.1) is 21.3 Å². The molecule has 0 aliphatic heterocycles. The lowest BCUT2D eigenvalue weighted by atomic mass is 10.1. The number of hydrogen-bond acceptors (Lipinski definition) is 6. The third-order valence-corrected chi connectivity index (χ3v) is 7.33. The standard InChI is InChI=1S/C23H17N3O2S2/c24-12-16-14-7-5-11-19(14)29-23(16)26-21(27)13-28-18-9-3-1-6-15(18)22-25-17-8-2-4-10-20(17)30-22/h1-4,6,8-10H,5,7,11,13H2,(H,26,27). The number of aromatic nitrogens is 1. The highest BCUT2D eigenvalue weighted by molar-refractivity contribution is 7.21. The van der Waals surface area contributed by atoms with E-state index in [0.717, 1.165) is 45.6 Å². The number of anilines is 1. The van der Waals surface area contributed by atoms with Crippen LogP contribution < -0.4 is 10.1 Å². The molecule has 0 radical (unpaired) electrons. The number of aryl methyl sites for hydroxylation is 1. The SMILES string of the molecule is N#Cc1c(NC(=O)COc2ccccc2-c2nc3ccccc3s2)sc2c1CCC2. The Balaban J connectivity index is 1.33. The quantitative estimate of drug-likeness (QED) is 0.459. The highest BCUT2D eigenvalue weighted by Crippen LogP contribution is 2.39. The Morgan fingerprint density at radius 3 is 2.83 bits per heavy atom. The van der Waals surface area contributed by atoms with Crippen molar-refractivity contribution in [2.45, 2.75) is 19.3 Å². The Morgan fingerprint density at radius 1 is 1.13 bits per heavy atom. The lowest BCUT2D eigenvalue weighted by molar-refractivity contribution is -0.118. The number of nitrogens with one attached hydrogen (secondary N) is 1. The number of carbonyl (C=O) groups is 1. The first-order valence-corrected chi connectivity index (χ1v) is 11.3. The number of thiazole rings is 1. The molecule has 148 valence electrons. The molecule has 1 amide bonds. The number of thiophene rings is 1. The fourth-order valence-corrected chi connectivity index (χ4v) is 5.92. The summed E-state index contributed by atoms with van der Waals surface area (Å²) < 4.78 is 6.96. The third-order valence-electron chi connectivity index (χ3n) is 5.06. The number of amides is 1. The van der Waals surface area contributed by atoms with Crippen molar-refractivity contribution in [1.82, 2.24) is 4.98 Å². The van der Waals surface area contributed by atoms with Gasteiger partial charge in [0.2, 0.25) is 0 Å². The van der Waals surface area contributed by atoms with E-state index in [0.29, 0.717) is 16.3 Å². The van der Waals surface area contributed by atoms with Crippen molar-refractivity contribution in [1.29, 1.82) is 5.26 Å². The van der Waals surface area contributed by atoms with Gasteiger partial charge in [-0.2, -0.15) is 5.26 Å². The van der Waals surface area contributed by atoms with Crippen molar-refractivity contribution in [2.24, 2.45) is 0 Å². The number of ether oxygens (including phenoxy) is 1. The van der Waals surface area contributed by atoms with Crippen LogP contribution in [-0.4, -0.2) is 17.5 Å². The van der Waals surface area contributed by atoms with E-state index in [4.69, 9.17) is 9.72 Å². The second-order valence-electron chi connectivity index (χ2n) is 6.99. The Labute approximate surface area is 181 Å². The Bertz CT molecular complexity index is 1270. The normalized spacial score (nSPS) is 12.5. The molecule has 2 aromatic heterocycles. The number of para-hydroxylation sites is 2. The predicted molar refractivity (Wildman–Crippen MR) is 120 cm³/mol. The highest BCUT2D eigenvalue weighted by atomic mass is 32.1. The van der Waals surface area contributed by atoms with Gasteiger partial charge in [0.15, 0.2) is 6.61 Å². The van der Waals surface area contributed by atoms with Gasteiger partial charge >= 0.3 is 0 Å². The summed E-state index contributed by atoms with van der Waals surface area (Å²) >= 11 is 3.10. The first-order chi connectivity index (χ1) is 14.7. The molecular formula is C23H17N3O2S2. The van der Waals surface area contributed by atoms with Gasteiger partial charge in [-0.25, -0.2) is 4.98 Å². The van der Waals surface area contributed by atoms with Crippen LogP contribution in [0.4, 0.5) is 5.00 Å². The maximum Gasteiger partial charge on any atom is 0.262 e. The average Bonchev–Trinajstić information content (AvgIpc) is 3.46.